The van der Waals surface area contributed by atoms with Crippen molar-refractivity contribution in [3.8, 4) is 6.07 Å². The Hall–Kier alpha value is -0.630. The lowest BCUT2D eigenvalue weighted by Gasteiger charge is -2.20. The van der Waals surface area contributed by atoms with Gasteiger partial charge in [0.05, 0.1) is 25.2 Å². The molecule has 1 aliphatic carbocycles. The molecule has 0 aliphatic heterocycles. The van der Waals surface area contributed by atoms with Crippen molar-refractivity contribution in [3.05, 3.63) is 0 Å². The van der Waals surface area contributed by atoms with E-state index in [0.717, 1.165) is 25.8 Å². The molecule has 0 heterocycles. The van der Waals surface area contributed by atoms with E-state index in [1.54, 1.807) is 0 Å². The molecule has 0 aromatic carbocycles. The highest BCUT2D eigenvalue weighted by Gasteiger charge is 2.22. The van der Waals surface area contributed by atoms with Crippen LogP contribution in [-0.4, -0.2) is 37.5 Å². The van der Waals surface area contributed by atoms with Gasteiger partial charge in [0.25, 0.3) is 0 Å². The van der Waals surface area contributed by atoms with Crippen LogP contribution in [0.2, 0.25) is 0 Å². The molecule has 0 amide bonds. The number of rotatable bonds is 7. The fourth-order valence-corrected chi connectivity index (χ4v) is 2.33. The summed E-state index contributed by atoms with van der Waals surface area (Å²) in [6.07, 6.45) is 6.78. The van der Waals surface area contributed by atoms with Crippen molar-refractivity contribution in [3.63, 3.8) is 0 Å². The fourth-order valence-electron chi connectivity index (χ4n) is 2.33. The van der Waals surface area contributed by atoms with Crippen LogP contribution in [0.4, 0.5) is 0 Å². The van der Waals surface area contributed by atoms with Crippen molar-refractivity contribution in [2.75, 3.05) is 26.4 Å². The van der Waals surface area contributed by atoms with Crippen molar-refractivity contribution >= 4 is 0 Å². The molecule has 0 spiro atoms. The number of aliphatic hydroxyl groups excluding tert-OH is 1. The fraction of sp³-hybridized carbons (Fsp3) is 0.923. The maximum Gasteiger partial charge on any atom is 0.0697 e. The Labute approximate surface area is 104 Å². The Morgan fingerprint density at radius 2 is 2.06 bits per heavy atom. The largest absolute Gasteiger partial charge is 0.394 e. The molecule has 4 heteroatoms. The summed E-state index contributed by atoms with van der Waals surface area (Å²) in [5, 5.41) is 21.1. The van der Waals surface area contributed by atoms with E-state index in [1.807, 2.05) is 0 Å². The third kappa shape index (κ3) is 6.02. The highest BCUT2D eigenvalue weighted by molar-refractivity contribution is 4.93. The van der Waals surface area contributed by atoms with Gasteiger partial charge < -0.3 is 15.2 Å². The van der Waals surface area contributed by atoms with Crippen LogP contribution >= 0.6 is 0 Å². The van der Waals surface area contributed by atoms with Crippen molar-refractivity contribution in [1.82, 2.24) is 5.32 Å². The summed E-state index contributed by atoms with van der Waals surface area (Å²) in [6.45, 7) is 2.09. The van der Waals surface area contributed by atoms with Crippen LogP contribution in [0.3, 0.4) is 0 Å². The lowest BCUT2D eigenvalue weighted by molar-refractivity contribution is 0.0901. The molecular weight excluding hydrogens is 216 g/mol. The first-order valence-corrected chi connectivity index (χ1v) is 6.70. The maximum absolute atomic E-state index is 9.12. The molecule has 4 nitrogen and oxygen atoms in total. The normalized spacial score (nSPS) is 25.2. The average molecular weight is 240 g/mol. The van der Waals surface area contributed by atoms with Crippen LogP contribution in [-0.2, 0) is 4.74 Å². The molecule has 17 heavy (non-hydrogen) atoms. The van der Waals surface area contributed by atoms with Crippen molar-refractivity contribution in [2.24, 2.45) is 5.92 Å². The van der Waals surface area contributed by atoms with Gasteiger partial charge in [0.2, 0.25) is 0 Å². The number of nitrogens with zero attached hydrogens (tertiary/aromatic N) is 1. The molecule has 1 aliphatic rings. The van der Waals surface area contributed by atoms with Gasteiger partial charge in [-0.1, -0.05) is 19.3 Å². The average Bonchev–Trinajstić information content (AvgIpc) is 2.58. The van der Waals surface area contributed by atoms with E-state index in [0.29, 0.717) is 19.3 Å². The molecule has 0 saturated heterocycles. The number of nitriles is 1. The predicted molar refractivity (Wildman–Crippen MR) is 66.5 cm³/mol. The molecule has 0 bridgehead atoms. The molecule has 1 saturated carbocycles. The zero-order chi connectivity index (χ0) is 12.3. The van der Waals surface area contributed by atoms with E-state index in [-0.39, 0.29) is 12.5 Å². The Bertz CT molecular complexity index is 228. The SMILES string of the molecule is N#CC1CCCCCC1NCCCOCCO. The molecular formula is C13H24N2O2. The molecule has 1 fully saturated rings. The topological polar surface area (TPSA) is 65.3 Å². The first-order valence-electron chi connectivity index (χ1n) is 6.70. The van der Waals surface area contributed by atoms with Gasteiger partial charge in [-0.25, -0.2) is 0 Å². The highest BCUT2D eigenvalue weighted by Crippen LogP contribution is 2.22. The van der Waals surface area contributed by atoms with Gasteiger partial charge in [0.15, 0.2) is 0 Å². The smallest absolute Gasteiger partial charge is 0.0697 e. The Balaban J connectivity index is 2.13. The van der Waals surface area contributed by atoms with Gasteiger partial charge in [-0.05, 0) is 25.8 Å². The van der Waals surface area contributed by atoms with E-state index in [9.17, 15) is 0 Å². The van der Waals surface area contributed by atoms with Crippen molar-refractivity contribution < 1.29 is 9.84 Å². The Kier molecular flexibility index (Phi) is 7.98. The van der Waals surface area contributed by atoms with E-state index in [4.69, 9.17) is 15.1 Å². The summed E-state index contributed by atoms with van der Waals surface area (Å²) in [7, 11) is 0. The predicted octanol–water partition coefficient (Wildman–Crippen LogP) is 1.45. The minimum atomic E-state index is 0.0898. The van der Waals surface area contributed by atoms with E-state index < -0.39 is 0 Å². The van der Waals surface area contributed by atoms with Gasteiger partial charge >= 0.3 is 0 Å². The van der Waals surface area contributed by atoms with Crippen LogP contribution in [0.15, 0.2) is 0 Å². The van der Waals surface area contributed by atoms with Gasteiger partial charge in [-0.15, -0.1) is 0 Å². The minimum absolute atomic E-state index is 0.0898. The second-order valence-electron chi connectivity index (χ2n) is 4.62. The van der Waals surface area contributed by atoms with E-state index in [1.165, 1.54) is 19.3 Å². The number of ether oxygens (including phenoxy) is 1. The first kappa shape index (κ1) is 14.4. The standard InChI is InChI=1S/C13H24N2O2/c14-11-12-5-2-1-3-6-13(12)15-7-4-9-17-10-8-16/h12-13,15-16H,1-10H2. The lowest BCUT2D eigenvalue weighted by atomic mass is 9.96. The van der Waals surface area contributed by atoms with Crippen LogP contribution in [0.1, 0.15) is 38.5 Å². The summed E-state index contributed by atoms with van der Waals surface area (Å²) in [5.74, 6) is 0.177. The number of hydrogen-bond donors (Lipinski definition) is 2. The molecule has 2 unspecified atom stereocenters. The zero-order valence-electron chi connectivity index (χ0n) is 10.5. The quantitative estimate of drug-likeness (QED) is 0.522. The summed E-state index contributed by atoms with van der Waals surface area (Å²) >= 11 is 0. The van der Waals surface area contributed by atoms with Gasteiger partial charge in [-0.2, -0.15) is 5.26 Å². The molecule has 0 aromatic rings. The van der Waals surface area contributed by atoms with Crippen molar-refractivity contribution in [2.45, 2.75) is 44.6 Å². The third-order valence-electron chi connectivity index (χ3n) is 3.29. The van der Waals surface area contributed by atoms with Gasteiger partial charge in [-0.3, -0.25) is 0 Å². The number of nitrogens with one attached hydrogen (secondary N) is 1. The van der Waals surface area contributed by atoms with Gasteiger partial charge in [0, 0.05) is 12.6 Å². The molecule has 2 N–H and O–H groups in total. The van der Waals surface area contributed by atoms with Crippen molar-refractivity contribution in [1.29, 1.82) is 5.26 Å². The second kappa shape index (κ2) is 9.41. The molecule has 2 atom stereocenters. The molecule has 1 rings (SSSR count). The van der Waals surface area contributed by atoms with Gasteiger partial charge in [0.1, 0.15) is 0 Å². The summed E-state index contributed by atoms with van der Waals surface area (Å²) in [5.41, 5.74) is 0. The van der Waals surface area contributed by atoms with E-state index in [2.05, 4.69) is 11.4 Å². The van der Waals surface area contributed by atoms with Crippen LogP contribution in [0, 0.1) is 17.2 Å². The number of aliphatic hydroxyl groups is 1. The monoisotopic (exact) mass is 240 g/mol. The van der Waals surface area contributed by atoms with E-state index >= 15 is 0 Å². The summed E-state index contributed by atoms with van der Waals surface area (Å²) < 4.78 is 5.20. The van der Waals surface area contributed by atoms with Crippen LogP contribution < -0.4 is 5.32 Å². The minimum Gasteiger partial charge on any atom is -0.394 e. The summed E-state index contributed by atoms with van der Waals surface area (Å²) in [4.78, 5) is 0. The Morgan fingerprint density at radius 1 is 1.24 bits per heavy atom. The summed E-state index contributed by atoms with van der Waals surface area (Å²) in [6, 6.07) is 2.79. The number of hydrogen-bond acceptors (Lipinski definition) is 4. The zero-order valence-corrected chi connectivity index (χ0v) is 10.5. The van der Waals surface area contributed by atoms with Crippen LogP contribution in [0.5, 0.6) is 0 Å². The van der Waals surface area contributed by atoms with Crippen LogP contribution in [0.25, 0.3) is 0 Å². The molecule has 0 radical (unpaired) electrons. The molecule has 0 aromatic heterocycles. The first-order chi connectivity index (χ1) is 8.38. The lowest BCUT2D eigenvalue weighted by Crippen LogP contribution is -2.36. The highest BCUT2D eigenvalue weighted by atomic mass is 16.5. The third-order valence-corrected chi connectivity index (χ3v) is 3.29. The molecule has 98 valence electrons. The second-order valence-corrected chi connectivity index (χ2v) is 4.62. The Morgan fingerprint density at radius 3 is 2.82 bits per heavy atom. The maximum atomic E-state index is 9.12.